The quantitative estimate of drug-likeness (QED) is 0.759. The first-order chi connectivity index (χ1) is 10.2. The maximum atomic E-state index is 13.6. The van der Waals surface area contributed by atoms with E-state index in [1.54, 1.807) is 18.3 Å². The van der Waals surface area contributed by atoms with Gasteiger partial charge < -0.3 is 5.32 Å². The van der Waals surface area contributed by atoms with Crippen LogP contribution < -0.4 is 5.32 Å². The molecule has 1 N–H and O–H groups in total. The van der Waals surface area contributed by atoms with Crippen LogP contribution in [0.15, 0.2) is 59.2 Å². The van der Waals surface area contributed by atoms with Gasteiger partial charge in [0.15, 0.2) is 0 Å². The van der Waals surface area contributed by atoms with E-state index in [0.29, 0.717) is 0 Å². The van der Waals surface area contributed by atoms with E-state index in [0.717, 1.165) is 26.5 Å². The molecule has 0 fully saturated rings. The van der Waals surface area contributed by atoms with Crippen molar-refractivity contribution < 1.29 is 4.39 Å². The Hall–Kier alpha value is -1.78. The molecule has 0 aliphatic heterocycles. The minimum absolute atomic E-state index is 0.0836. The minimum Gasteiger partial charge on any atom is -0.309 e. The average Bonchev–Trinajstić information content (AvgIpc) is 2.51. The normalized spacial score (nSPS) is 12.5. The van der Waals surface area contributed by atoms with Crippen LogP contribution >= 0.6 is 15.9 Å². The van der Waals surface area contributed by atoms with Crippen molar-refractivity contribution in [2.24, 2.45) is 0 Å². The molecule has 0 saturated heterocycles. The molecule has 1 unspecified atom stereocenters. The fourth-order valence-corrected chi connectivity index (χ4v) is 2.99. The number of fused-ring (bicyclic) bond motifs is 1. The third-order valence-electron chi connectivity index (χ3n) is 3.52. The van der Waals surface area contributed by atoms with Crippen LogP contribution in [-0.4, -0.2) is 12.0 Å². The van der Waals surface area contributed by atoms with E-state index < -0.39 is 0 Å². The van der Waals surface area contributed by atoms with Gasteiger partial charge in [-0.25, -0.2) is 4.39 Å². The van der Waals surface area contributed by atoms with Crippen LogP contribution in [0.3, 0.4) is 0 Å². The van der Waals surface area contributed by atoms with Gasteiger partial charge in [0.05, 0.1) is 11.6 Å². The van der Waals surface area contributed by atoms with Crippen LogP contribution in [0.1, 0.15) is 17.2 Å². The molecular weight excluding hydrogens is 331 g/mol. The standard InChI is InChI=1S/C17H14BrFN2/c1-20-17(14-10-13(19)5-6-15(14)18)12-4-7-16-11(9-12)3-2-8-21-16/h2-10,17,20H,1H3. The van der Waals surface area contributed by atoms with Crippen LogP contribution in [0.4, 0.5) is 4.39 Å². The molecular formula is C17H14BrFN2. The number of halogens is 2. The van der Waals surface area contributed by atoms with Gasteiger partial charge in [0, 0.05) is 16.1 Å². The highest BCUT2D eigenvalue weighted by atomic mass is 79.9. The molecule has 3 aromatic rings. The summed E-state index contributed by atoms with van der Waals surface area (Å²) in [4.78, 5) is 4.32. The molecule has 21 heavy (non-hydrogen) atoms. The van der Waals surface area contributed by atoms with Crippen molar-refractivity contribution in [1.29, 1.82) is 0 Å². The maximum absolute atomic E-state index is 13.6. The zero-order valence-corrected chi connectivity index (χ0v) is 13.1. The summed E-state index contributed by atoms with van der Waals surface area (Å²) in [6.45, 7) is 0. The molecule has 0 spiro atoms. The van der Waals surface area contributed by atoms with Crippen molar-refractivity contribution in [3.63, 3.8) is 0 Å². The molecule has 1 heterocycles. The Kier molecular flexibility index (Phi) is 3.99. The largest absolute Gasteiger partial charge is 0.309 e. The van der Waals surface area contributed by atoms with Gasteiger partial charge in [0.25, 0.3) is 0 Å². The van der Waals surface area contributed by atoms with E-state index in [4.69, 9.17) is 0 Å². The number of pyridine rings is 1. The van der Waals surface area contributed by atoms with Gasteiger partial charge in [-0.05, 0) is 54.6 Å². The van der Waals surface area contributed by atoms with E-state index in [1.807, 2.05) is 31.3 Å². The third-order valence-corrected chi connectivity index (χ3v) is 4.24. The zero-order valence-electron chi connectivity index (χ0n) is 11.5. The summed E-state index contributed by atoms with van der Waals surface area (Å²) >= 11 is 3.50. The SMILES string of the molecule is CNC(c1ccc2ncccc2c1)c1cc(F)ccc1Br. The van der Waals surface area contributed by atoms with Gasteiger partial charge in [-0.1, -0.05) is 28.1 Å². The third kappa shape index (κ3) is 2.82. The molecule has 0 saturated carbocycles. The fourth-order valence-electron chi connectivity index (χ4n) is 2.51. The van der Waals surface area contributed by atoms with Gasteiger partial charge in [-0.2, -0.15) is 0 Å². The van der Waals surface area contributed by atoms with E-state index in [9.17, 15) is 4.39 Å². The lowest BCUT2D eigenvalue weighted by atomic mass is 9.97. The Labute approximate surface area is 131 Å². The summed E-state index contributed by atoms with van der Waals surface area (Å²) in [7, 11) is 1.87. The lowest BCUT2D eigenvalue weighted by Crippen LogP contribution is -2.18. The second-order valence-electron chi connectivity index (χ2n) is 4.84. The predicted molar refractivity (Wildman–Crippen MR) is 86.7 cm³/mol. The summed E-state index contributed by atoms with van der Waals surface area (Å²) in [6, 6.07) is 14.7. The highest BCUT2D eigenvalue weighted by molar-refractivity contribution is 9.10. The van der Waals surface area contributed by atoms with Crippen LogP contribution in [0.2, 0.25) is 0 Å². The molecule has 0 aliphatic rings. The van der Waals surface area contributed by atoms with E-state index in [-0.39, 0.29) is 11.9 Å². The Morgan fingerprint density at radius 2 is 2.00 bits per heavy atom. The lowest BCUT2D eigenvalue weighted by molar-refractivity contribution is 0.615. The molecule has 106 valence electrons. The van der Waals surface area contributed by atoms with Gasteiger partial charge in [-0.15, -0.1) is 0 Å². The number of nitrogens with zero attached hydrogens (tertiary/aromatic N) is 1. The molecule has 2 nitrogen and oxygen atoms in total. The first-order valence-electron chi connectivity index (χ1n) is 6.66. The van der Waals surface area contributed by atoms with E-state index in [1.165, 1.54) is 6.07 Å². The first kappa shape index (κ1) is 14.2. The number of hydrogen-bond donors (Lipinski definition) is 1. The Morgan fingerprint density at radius 1 is 1.14 bits per heavy atom. The highest BCUT2D eigenvalue weighted by Gasteiger charge is 2.16. The molecule has 1 aromatic heterocycles. The van der Waals surface area contributed by atoms with Crippen molar-refractivity contribution in [1.82, 2.24) is 10.3 Å². The van der Waals surface area contributed by atoms with Crippen molar-refractivity contribution in [3.8, 4) is 0 Å². The number of nitrogens with one attached hydrogen (secondary N) is 1. The second kappa shape index (κ2) is 5.92. The topological polar surface area (TPSA) is 24.9 Å². The minimum atomic E-state index is -0.240. The van der Waals surface area contributed by atoms with Crippen LogP contribution in [-0.2, 0) is 0 Å². The van der Waals surface area contributed by atoms with Gasteiger partial charge in [0.1, 0.15) is 5.82 Å². The smallest absolute Gasteiger partial charge is 0.123 e. The predicted octanol–water partition coefficient (Wildman–Crippen LogP) is 4.45. The Bertz CT molecular complexity index is 789. The van der Waals surface area contributed by atoms with Crippen LogP contribution in [0.5, 0.6) is 0 Å². The number of aromatic nitrogens is 1. The molecule has 0 amide bonds. The Morgan fingerprint density at radius 3 is 2.81 bits per heavy atom. The Balaban J connectivity index is 2.11. The summed E-state index contributed by atoms with van der Waals surface area (Å²) < 4.78 is 14.4. The molecule has 2 aromatic carbocycles. The number of hydrogen-bond acceptors (Lipinski definition) is 2. The average molecular weight is 345 g/mol. The van der Waals surface area contributed by atoms with E-state index in [2.05, 4.69) is 32.3 Å². The summed E-state index contributed by atoms with van der Waals surface area (Å²) in [5.74, 6) is -0.240. The molecule has 3 rings (SSSR count). The lowest BCUT2D eigenvalue weighted by Gasteiger charge is -2.19. The molecule has 0 bridgehead atoms. The zero-order chi connectivity index (χ0) is 14.8. The molecule has 4 heteroatoms. The summed E-state index contributed by atoms with van der Waals surface area (Å²) in [5.41, 5.74) is 2.90. The van der Waals surface area contributed by atoms with Crippen LogP contribution in [0.25, 0.3) is 10.9 Å². The first-order valence-corrected chi connectivity index (χ1v) is 7.45. The van der Waals surface area contributed by atoms with Gasteiger partial charge >= 0.3 is 0 Å². The summed E-state index contributed by atoms with van der Waals surface area (Å²) in [6.07, 6.45) is 1.78. The van der Waals surface area contributed by atoms with Gasteiger partial charge in [0.2, 0.25) is 0 Å². The summed E-state index contributed by atoms with van der Waals surface area (Å²) in [5, 5.41) is 4.32. The van der Waals surface area contributed by atoms with Crippen molar-refractivity contribution in [3.05, 3.63) is 76.1 Å². The fraction of sp³-hybridized carbons (Fsp3) is 0.118. The monoisotopic (exact) mass is 344 g/mol. The van der Waals surface area contributed by atoms with Crippen molar-refractivity contribution in [2.45, 2.75) is 6.04 Å². The molecule has 1 atom stereocenters. The van der Waals surface area contributed by atoms with Crippen LogP contribution in [0, 0.1) is 5.82 Å². The maximum Gasteiger partial charge on any atom is 0.123 e. The van der Waals surface area contributed by atoms with Crippen molar-refractivity contribution >= 4 is 26.8 Å². The second-order valence-corrected chi connectivity index (χ2v) is 5.70. The molecule has 0 radical (unpaired) electrons. The molecule has 0 aliphatic carbocycles. The van der Waals surface area contributed by atoms with Crippen molar-refractivity contribution in [2.75, 3.05) is 7.05 Å². The number of benzene rings is 2. The number of rotatable bonds is 3. The van der Waals surface area contributed by atoms with Gasteiger partial charge in [-0.3, -0.25) is 4.98 Å². The highest BCUT2D eigenvalue weighted by Crippen LogP contribution is 2.30. The van der Waals surface area contributed by atoms with E-state index >= 15 is 0 Å².